The predicted octanol–water partition coefficient (Wildman–Crippen LogP) is 3.34. The molecule has 0 spiro atoms. The molecule has 0 atom stereocenters. The van der Waals surface area contributed by atoms with Crippen molar-refractivity contribution >= 4 is 10.1 Å². The minimum Gasteiger partial charge on any atom is -0.192 e. The summed E-state index contributed by atoms with van der Waals surface area (Å²) in [6.45, 7) is 0.517. The lowest BCUT2D eigenvalue weighted by Gasteiger charge is -2.15. The van der Waals surface area contributed by atoms with Crippen molar-refractivity contribution in [2.24, 2.45) is 0 Å². The van der Waals surface area contributed by atoms with Gasteiger partial charge in [-0.25, -0.2) is 0 Å². The van der Waals surface area contributed by atoms with Crippen LogP contribution in [0, 0.1) is 0 Å². The monoisotopic (exact) mass is 343 g/mol. The first kappa shape index (κ1) is 16.0. The van der Waals surface area contributed by atoms with E-state index in [1.807, 2.05) is 24.3 Å². The van der Waals surface area contributed by atoms with Gasteiger partial charge in [-0.15, -0.1) is 0 Å². The fourth-order valence-electron chi connectivity index (χ4n) is 2.36. The predicted molar refractivity (Wildman–Crippen MR) is 75.4 cm³/mol. The van der Waals surface area contributed by atoms with Gasteiger partial charge in [-0.05, 0) is 29.3 Å². The van der Waals surface area contributed by atoms with Crippen LogP contribution in [0.25, 0.3) is 0 Å². The third kappa shape index (κ3) is 3.39. The van der Waals surface area contributed by atoms with E-state index in [4.69, 9.17) is 4.28 Å². The molecule has 0 saturated carbocycles. The Labute approximate surface area is 131 Å². The van der Waals surface area contributed by atoms with Crippen molar-refractivity contribution < 1.29 is 25.9 Å². The first-order chi connectivity index (χ1) is 10.8. The summed E-state index contributed by atoms with van der Waals surface area (Å²) in [4.78, 5) is -0.525. The number of hydrogen-bond acceptors (Lipinski definition) is 4. The van der Waals surface area contributed by atoms with E-state index in [1.54, 1.807) is 0 Å². The van der Waals surface area contributed by atoms with Gasteiger partial charge < -0.3 is 0 Å². The molecule has 0 unspecified atom stereocenters. The van der Waals surface area contributed by atoms with E-state index >= 15 is 0 Å². The summed E-state index contributed by atoms with van der Waals surface area (Å²) in [6.07, 6.45) is -4.62. The average molecular weight is 343 g/mol. The highest BCUT2D eigenvalue weighted by molar-refractivity contribution is 7.86. The van der Waals surface area contributed by atoms with Crippen LogP contribution in [0.3, 0.4) is 0 Å². The molecule has 4 nitrogen and oxygen atoms in total. The minimum atomic E-state index is -4.62. The standard InChI is InChI=1S/C15H12F3NO3S/c16-15(17,18)13-6-3-7-14(8-13)23(20,21)22-19-9-11-4-1-2-5-12(11)10-19/h1-8H,9-10H2. The molecule has 23 heavy (non-hydrogen) atoms. The number of halogens is 3. The van der Waals surface area contributed by atoms with Gasteiger partial charge in [-0.3, -0.25) is 0 Å². The Balaban J connectivity index is 1.81. The highest BCUT2D eigenvalue weighted by atomic mass is 32.2. The molecule has 8 heteroatoms. The first-order valence-electron chi connectivity index (χ1n) is 6.69. The second-order valence-corrected chi connectivity index (χ2v) is 6.65. The SMILES string of the molecule is O=S(=O)(ON1Cc2ccccc2C1)c1cccc(C(F)(F)F)c1. The number of benzene rings is 2. The van der Waals surface area contributed by atoms with Crippen LogP contribution in [-0.2, 0) is 33.7 Å². The van der Waals surface area contributed by atoms with Crippen LogP contribution in [0.5, 0.6) is 0 Å². The van der Waals surface area contributed by atoms with Gasteiger partial charge in [0.05, 0.1) is 23.5 Å². The summed E-state index contributed by atoms with van der Waals surface area (Å²) in [6, 6.07) is 10.8. The van der Waals surface area contributed by atoms with Crippen molar-refractivity contribution in [1.82, 2.24) is 5.06 Å². The van der Waals surface area contributed by atoms with E-state index in [1.165, 1.54) is 5.06 Å². The van der Waals surface area contributed by atoms with Crippen LogP contribution in [0.1, 0.15) is 16.7 Å². The van der Waals surface area contributed by atoms with Crippen molar-refractivity contribution in [2.75, 3.05) is 0 Å². The van der Waals surface area contributed by atoms with Gasteiger partial charge in [0, 0.05) is 0 Å². The van der Waals surface area contributed by atoms with Gasteiger partial charge in [0.2, 0.25) is 0 Å². The van der Waals surface area contributed by atoms with E-state index in [0.29, 0.717) is 6.07 Å². The van der Waals surface area contributed by atoms with E-state index < -0.39 is 26.8 Å². The van der Waals surface area contributed by atoms with Crippen molar-refractivity contribution in [2.45, 2.75) is 24.2 Å². The fourth-order valence-corrected chi connectivity index (χ4v) is 3.35. The molecule has 2 aromatic rings. The maximum Gasteiger partial charge on any atom is 0.416 e. The van der Waals surface area contributed by atoms with Gasteiger partial charge in [0.25, 0.3) is 0 Å². The van der Waals surface area contributed by atoms with E-state index in [-0.39, 0.29) is 13.1 Å². The van der Waals surface area contributed by atoms with Crippen LogP contribution in [-0.4, -0.2) is 13.5 Å². The Morgan fingerprint density at radius 2 is 1.57 bits per heavy atom. The molecule has 1 aliphatic heterocycles. The number of nitrogens with zero attached hydrogens (tertiary/aromatic N) is 1. The van der Waals surface area contributed by atoms with Crippen LogP contribution in [0.15, 0.2) is 53.4 Å². The van der Waals surface area contributed by atoms with E-state index in [9.17, 15) is 21.6 Å². The Bertz CT molecular complexity index is 809. The van der Waals surface area contributed by atoms with E-state index in [2.05, 4.69) is 0 Å². The molecule has 0 amide bonds. The van der Waals surface area contributed by atoms with Crippen molar-refractivity contribution in [1.29, 1.82) is 0 Å². The zero-order valence-electron chi connectivity index (χ0n) is 11.7. The molecule has 1 aliphatic rings. The molecule has 0 aliphatic carbocycles. The Morgan fingerprint density at radius 3 is 2.13 bits per heavy atom. The maximum absolute atomic E-state index is 12.7. The zero-order chi connectivity index (χ0) is 16.7. The van der Waals surface area contributed by atoms with Gasteiger partial charge >= 0.3 is 16.3 Å². The van der Waals surface area contributed by atoms with Crippen molar-refractivity contribution in [3.63, 3.8) is 0 Å². The van der Waals surface area contributed by atoms with Crippen LogP contribution in [0.4, 0.5) is 13.2 Å². The van der Waals surface area contributed by atoms with Crippen LogP contribution in [0.2, 0.25) is 0 Å². The largest absolute Gasteiger partial charge is 0.416 e. The average Bonchev–Trinajstić information content (AvgIpc) is 2.88. The number of hydroxylamine groups is 2. The normalized spacial score (nSPS) is 15.6. The summed E-state index contributed by atoms with van der Waals surface area (Å²) in [5.74, 6) is 0. The Hall–Kier alpha value is -1.90. The summed E-state index contributed by atoms with van der Waals surface area (Å²) in [7, 11) is -4.32. The molecule has 0 fully saturated rings. The minimum absolute atomic E-state index is 0.258. The molecular formula is C15H12F3NO3S. The van der Waals surface area contributed by atoms with E-state index in [0.717, 1.165) is 29.3 Å². The third-order valence-electron chi connectivity index (χ3n) is 3.47. The molecule has 1 heterocycles. The molecule has 0 aromatic heterocycles. The van der Waals surface area contributed by atoms with Crippen LogP contribution < -0.4 is 0 Å². The maximum atomic E-state index is 12.7. The lowest BCUT2D eigenvalue weighted by atomic mass is 10.1. The lowest BCUT2D eigenvalue weighted by molar-refractivity contribution is -0.137. The summed E-state index contributed by atoms with van der Waals surface area (Å²) < 4.78 is 67.4. The molecule has 0 saturated heterocycles. The zero-order valence-corrected chi connectivity index (χ0v) is 12.6. The molecule has 122 valence electrons. The fraction of sp³-hybridized carbons (Fsp3) is 0.200. The van der Waals surface area contributed by atoms with Gasteiger partial charge in [0.15, 0.2) is 0 Å². The number of alkyl halides is 3. The second kappa shape index (κ2) is 5.63. The molecule has 0 bridgehead atoms. The Kier molecular flexibility index (Phi) is 3.91. The Morgan fingerprint density at radius 1 is 0.957 bits per heavy atom. The summed E-state index contributed by atoms with van der Waals surface area (Å²) in [5, 5.41) is 1.21. The van der Waals surface area contributed by atoms with Gasteiger partial charge in [0.1, 0.15) is 0 Å². The third-order valence-corrected chi connectivity index (χ3v) is 4.70. The first-order valence-corrected chi connectivity index (χ1v) is 8.10. The van der Waals surface area contributed by atoms with Gasteiger partial charge in [-0.1, -0.05) is 30.3 Å². The number of rotatable bonds is 3. The number of fused-ring (bicyclic) bond motifs is 1. The number of hydrogen-bond donors (Lipinski definition) is 0. The molecule has 2 aromatic carbocycles. The topological polar surface area (TPSA) is 46.6 Å². The van der Waals surface area contributed by atoms with Crippen LogP contribution >= 0.6 is 0 Å². The van der Waals surface area contributed by atoms with Gasteiger partial charge in [-0.2, -0.15) is 30.9 Å². The molecule has 0 N–H and O–H groups in total. The molecule has 0 radical (unpaired) electrons. The molecular weight excluding hydrogens is 331 g/mol. The van der Waals surface area contributed by atoms with Crippen molar-refractivity contribution in [3.8, 4) is 0 Å². The smallest absolute Gasteiger partial charge is 0.192 e. The summed E-state index contributed by atoms with van der Waals surface area (Å²) >= 11 is 0. The second-order valence-electron chi connectivity index (χ2n) is 5.12. The highest BCUT2D eigenvalue weighted by Gasteiger charge is 2.33. The van der Waals surface area contributed by atoms with Crippen molar-refractivity contribution in [3.05, 3.63) is 65.2 Å². The molecule has 3 rings (SSSR count). The lowest BCUT2D eigenvalue weighted by Crippen LogP contribution is -2.22. The highest BCUT2D eigenvalue weighted by Crippen LogP contribution is 2.31. The summed E-state index contributed by atoms with van der Waals surface area (Å²) in [5.41, 5.74) is 0.811. The quantitative estimate of drug-likeness (QED) is 0.858.